The quantitative estimate of drug-likeness (QED) is 0.789. The normalized spacial score (nSPS) is 16.4. The Morgan fingerprint density at radius 2 is 2.19 bits per heavy atom. The lowest BCUT2D eigenvalue weighted by Crippen LogP contribution is -2.22. The molecule has 1 fully saturated rings. The number of furan rings is 1. The van der Waals surface area contributed by atoms with Crippen molar-refractivity contribution in [2.45, 2.75) is 32.4 Å². The topological polar surface area (TPSA) is 98.0 Å². The average Bonchev–Trinajstić information content (AvgIpc) is 3.27. The zero-order valence-corrected chi connectivity index (χ0v) is 14.5. The van der Waals surface area contributed by atoms with Gasteiger partial charge in [0, 0.05) is 12.2 Å². The SMILES string of the molecule is Cc1oc(CNC(=O)c2cccc(OC[C@H]3CCCO3)c2)cc1C(=O)O. The highest BCUT2D eigenvalue weighted by Crippen LogP contribution is 2.18. The van der Waals surface area contributed by atoms with E-state index >= 15 is 0 Å². The van der Waals surface area contributed by atoms with Gasteiger partial charge in [-0.15, -0.1) is 0 Å². The smallest absolute Gasteiger partial charge is 0.339 e. The Kier molecular flexibility index (Phi) is 5.58. The Bertz CT molecular complexity index is 791. The third-order valence-corrected chi connectivity index (χ3v) is 4.18. The molecule has 0 bridgehead atoms. The van der Waals surface area contributed by atoms with Crippen molar-refractivity contribution in [3.63, 3.8) is 0 Å². The predicted molar refractivity (Wildman–Crippen MR) is 92.5 cm³/mol. The highest BCUT2D eigenvalue weighted by Gasteiger charge is 2.17. The van der Waals surface area contributed by atoms with Crippen LogP contribution in [0.15, 0.2) is 34.7 Å². The third-order valence-electron chi connectivity index (χ3n) is 4.18. The van der Waals surface area contributed by atoms with E-state index in [1.807, 2.05) is 0 Å². The van der Waals surface area contributed by atoms with Gasteiger partial charge in [0.2, 0.25) is 0 Å². The number of carboxylic acids is 1. The average molecular weight is 359 g/mol. The van der Waals surface area contributed by atoms with Crippen molar-refractivity contribution in [3.05, 3.63) is 53.0 Å². The molecule has 2 N–H and O–H groups in total. The van der Waals surface area contributed by atoms with Gasteiger partial charge in [0.15, 0.2) is 0 Å². The van der Waals surface area contributed by atoms with E-state index in [0.29, 0.717) is 29.4 Å². The van der Waals surface area contributed by atoms with E-state index in [2.05, 4.69) is 5.32 Å². The second-order valence-corrected chi connectivity index (χ2v) is 6.14. The molecular weight excluding hydrogens is 338 g/mol. The van der Waals surface area contributed by atoms with Crippen LogP contribution in [0, 0.1) is 6.92 Å². The van der Waals surface area contributed by atoms with Crippen LogP contribution in [-0.4, -0.2) is 36.3 Å². The molecule has 1 aromatic carbocycles. The van der Waals surface area contributed by atoms with Crippen molar-refractivity contribution >= 4 is 11.9 Å². The third kappa shape index (κ3) is 4.43. The van der Waals surface area contributed by atoms with E-state index in [1.165, 1.54) is 6.07 Å². The first kappa shape index (κ1) is 18.0. The van der Waals surface area contributed by atoms with Crippen LogP contribution in [0.1, 0.15) is 45.1 Å². The summed E-state index contributed by atoms with van der Waals surface area (Å²) in [6.45, 7) is 2.92. The van der Waals surface area contributed by atoms with Gasteiger partial charge < -0.3 is 24.3 Å². The molecule has 26 heavy (non-hydrogen) atoms. The number of nitrogens with one attached hydrogen (secondary N) is 1. The largest absolute Gasteiger partial charge is 0.491 e. The number of aryl methyl sites for hydroxylation is 1. The van der Waals surface area contributed by atoms with Gasteiger partial charge in [-0.3, -0.25) is 4.79 Å². The Morgan fingerprint density at radius 1 is 1.35 bits per heavy atom. The number of hydrogen-bond acceptors (Lipinski definition) is 5. The number of aromatic carboxylic acids is 1. The number of carbonyl (C=O) groups is 2. The van der Waals surface area contributed by atoms with Crippen molar-refractivity contribution < 1.29 is 28.6 Å². The molecule has 0 saturated carbocycles. The van der Waals surface area contributed by atoms with Gasteiger partial charge >= 0.3 is 5.97 Å². The molecule has 1 atom stereocenters. The summed E-state index contributed by atoms with van der Waals surface area (Å²) in [4.78, 5) is 23.3. The van der Waals surface area contributed by atoms with Crippen LogP contribution in [0.2, 0.25) is 0 Å². The molecule has 2 heterocycles. The van der Waals surface area contributed by atoms with E-state index in [-0.39, 0.29) is 24.1 Å². The maximum absolute atomic E-state index is 12.3. The lowest BCUT2D eigenvalue weighted by molar-refractivity contribution is 0.0678. The molecule has 7 heteroatoms. The van der Waals surface area contributed by atoms with Gasteiger partial charge in [0.25, 0.3) is 5.91 Å². The van der Waals surface area contributed by atoms with Gasteiger partial charge in [-0.1, -0.05) is 6.07 Å². The summed E-state index contributed by atoms with van der Waals surface area (Å²) in [6.07, 6.45) is 2.14. The summed E-state index contributed by atoms with van der Waals surface area (Å²) in [6, 6.07) is 8.31. The highest BCUT2D eigenvalue weighted by molar-refractivity contribution is 5.94. The van der Waals surface area contributed by atoms with Crippen LogP contribution < -0.4 is 10.1 Å². The van der Waals surface area contributed by atoms with Crippen molar-refractivity contribution in [3.8, 4) is 5.75 Å². The molecule has 0 spiro atoms. The second kappa shape index (κ2) is 8.05. The molecule has 2 aromatic rings. The molecule has 0 unspecified atom stereocenters. The van der Waals surface area contributed by atoms with Gasteiger partial charge in [0.1, 0.15) is 29.4 Å². The molecule has 1 saturated heterocycles. The summed E-state index contributed by atoms with van der Waals surface area (Å²) in [5, 5.41) is 11.7. The first-order chi connectivity index (χ1) is 12.5. The number of benzene rings is 1. The van der Waals surface area contributed by atoms with Crippen LogP contribution in [0.4, 0.5) is 0 Å². The van der Waals surface area contributed by atoms with Crippen LogP contribution in [-0.2, 0) is 11.3 Å². The maximum Gasteiger partial charge on any atom is 0.339 e. The monoisotopic (exact) mass is 359 g/mol. The summed E-state index contributed by atoms with van der Waals surface area (Å²) >= 11 is 0. The van der Waals surface area contributed by atoms with Gasteiger partial charge in [0.05, 0.1) is 12.6 Å². The molecular formula is C19H21NO6. The maximum atomic E-state index is 12.3. The number of hydrogen-bond donors (Lipinski definition) is 2. The summed E-state index contributed by atoms with van der Waals surface area (Å²) in [5.74, 6) is -0.0427. The number of carboxylic acid groups (broad SMARTS) is 1. The van der Waals surface area contributed by atoms with Crippen molar-refractivity contribution in [2.24, 2.45) is 0 Å². The molecule has 1 aliphatic rings. The molecule has 0 aliphatic carbocycles. The fourth-order valence-corrected chi connectivity index (χ4v) is 2.80. The van der Waals surface area contributed by atoms with Crippen molar-refractivity contribution in [1.82, 2.24) is 5.32 Å². The molecule has 1 amide bonds. The van der Waals surface area contributed by atoms with E-state index in [4.69, 9.17) is 19.0 Å². The van der Waals surface area contributed by atoms with E-state index < -0.39 is 5.97 Å². The van der Waals surface area contributed by atoms with E-state index in [1.54, 1.807) is 31.2 Å². The number of carbonyl (C=O) groups excluding carboxylic acids is 1. The summed E-state index contributed by atoms with van der Waals surface area (Å²) in [7, 11) is 0. The summed E-state index contributed by atoms with van der Waals surface area (Å²) < 4.78 is 16.6. The predicted octanol–water partition coefficient (Wildman–Crippen LogP) is 2.77. The van der Waals surface area contributed by atoms with Gasteiger partial charge in [-0.25, -0.2) is 4.79 Å². The van der Waals surface area contributed by atoms with Crippen LogP contribution in [0.5, 0.6) is 5.75 Å². The Labute approximate surface area is 150 Å². The lowest BCUT2D eigenvalue weighted by atomic mass is 10.2. The summed E-state index contributed by atoms with van der Waals surface area (Å²) in [5.41, 5.74) is 0.551. The van der Waals surface area contributed by atoms with E-state index in [0.717, 1.165) is 19.4 Å². The van der Waals surface area contributed by atoms with Gasteiger partial charge in [-0.05, 0) is 44.0 Å². The van der Waals surface area contributed by atoms with E-state index in [9.17, 15) is 9.59 Å². The Morgan fingerprint density at radius 3 is 2.88 bits per heavy atom. The second-order valence-electron chi connectivity index (χ2n) is 6.14. The number of amides is 1. The minimum absolute atomic E-state index is 0.0961. The molecule has 3 rings (SSSR count). The van der Waals surface area contributed by atoms with Crippen LogP contribution >= 0.6 is 0 Å². The van der Waals surface area contributed by atoms with Gasteiger partial charge in [-0.2, -0.15) is 0 Å². The fourth-order valence-electron chi connectivity index (χ4n) is 2.80. The number of ether oxygens (including phenoxy) is 2. The highest BCUT2D eigenvalue weighted by atomic mass is 16.5. The molecule has 7 nitrogen and oxygen atoms in total. The molecule has 138 valence electrons. The zero-order valence-electron chi connectivity index (χ0n) is 14.5. The van der Waals surface area contributed by atoms with Crippen LogP contribution in [0.25, 0.3) is 0 Å². The number of rotatable bonds is 7. The van der Waals surface area contributed by atoms with Crippen molar-refractivity contribution in [2.75, 3.05) is 13.2 Å². The lowest BCUT2D eigenvalue weighted by Gasteiger charge is -2.12. The molecule has 1 aliphatic heterocycles. The van der Waals surface area contributed by atoms with Crippen molar-refractivity contribution in [1.29, 1.82) is 0 Å². The molecule has 1 aromatic heterocycles. The van der Waals surface area contributed by atoms with Crippen LogP contribution in [0.3, 0.4) is 0 Å². The first-order valence-electron chi connectivity index (χ1n) is 8.48. The zero-order chi connectivity index (χ0) is 18.5. The minimum atomic E-state index is -1.06. The fraction of sp³-hybridized carbons (Fsp3) is 0.368. The minimum Gasteiger partial charge on any atom is -0.491 e. The first-order valence-corrected chi connectivity index (χ1v) is 8.48. The Hall–Kier alpha value is -2.80. The standard InChI is InChI=1S/C19H21NO6/c1-12-17(19(22)23)9-16(26-12)10-20-18(21)13-4-2-5-14(8-13)25-11-15-6-3-7-24-15/h2,4-5,8-9,15H,3,6-7,10-11H2,1H3,(H,20,21)(H,22,23)/t15-/m1/s1. The molecule has 0 radical (unpaired) electrons. The Balaban J connectivity index is 1.56.